The molecule has 11 nitrogen and oxygen atoms in total. The predicted octanol–water partition coefficient (Wildman–Crippen LogP) is 5.31. The number of Topliss-reactive ketones (excluding diaryl/α,β-unsaturated/α-hetero) is 1. The van der Waals surface area contributed by atoms with Crippen molar-refractivity contribution in [2.24, 2.45) is 5.41 Å². The fourth-order valence-electron chi connectivity index (χ4n) is 4.05. The van der Waals surface area contributed by atoms with Crippen molar-refractivity contribution >= 4 is 23.6 Å². The number of hydrogen-bond donors (Lipinski definition) is 3. The Balaban J connectivity index is 2.00. The van der Waals surface area contributed by atoms with Gasteiger partial charge in [0.2, 0.25) is 17.6 Å². The van der Waals surface area contributed by atoms with E-state index in [-0.39, 0.29) is 29.6 Å². The summed E-state index contributed by atoms with van der Waals surface area (Å²) in [6.07, 6.45) is -3.54. The molecule has 1 unspecified atom stereocenters. The Morgan fingerprint density at radius 2 is 1.77 bits per heavy atom. The summed E-state index contributed by atoms with van der Waals surface area (Å²) < 4.78 is 44.6. The summed E-state index contributed by atoms with van der Waals surface area (Å²) in [5.41, 5.74) is -1.58. The molecule has 39 heavy (non-hydrogen) atoms. The summed E-state index contributed by atoms with van der Waals surface area (Å²) in [6.45, 7) is 6.94. The molecule has 3 aromatic rings. The Kier molecular flexibility index (Phi) is 8.77. The van der Waals surface area contributed by atoms with E-state index in [1.807, 2.05) is 6.92 Å². The van der Waals surface area contributed by atoms with E-state index in [4.69, 9.17) is 4.42 Å². The van der Waals surface area contributed by atoms with Crippen LogP contribution in [0.5, 0.6) is 0 Å². The number of unbranched alkanes of at least 4 members (excludes halogenated alkanes) is 1. The van der Waals surface area contributed by atoms with E-state index in [2.05, 4.69) is 25.7 Å². The quantitative estimate of drug-likeness (QED) is 0.287. The molecule has 2 atom stereocenters. The number of benzene rings is 1. The average molecular weight is 551 g/mol. The van der Waals surface area contributed by atoms with Crippen LogP contribution in [0.3, 0.4) is 0 Å². The zero-order valence-electron chi connectivity index (χ0n) is 21.7. The van der Waals surface area contributed by atoms with Crippen LogP contribution in [0.2, 0.25) is 0 Å². The zero-order chi connectivity index (χ0) is 29.0. The molecule has 0 fully saturated rings. The molecule has 14 heteroatoms. The number of carbonyl (C=O) groups is 3. The Morgan fingerprint density at radius 3 is 2.28 bits per heavy atom. The minimum absolute atomic E-state index is 0.0461. The van der Waals surface area contributed by atoms with Crippen LogP contribution in [0, 0.1) is 5.41 Å². The van der Waals surface area contributed by atoms with Gasteiger partial charge in [0.05, 0.1) is 11.8 Å². The summed E-state index contributed by atoms with van der Waals surface area (Å²) in [5, 5.41) is 26.8. The number of H-pyrrole nitrogens is 1. The maximum atomic E-state index is 13.3. The molecule has 0 saturated heterocycles. The average Bonchev–Trinajstić information content (AvgIpc) is 3.54. The summed E-state index contributed by atoms with van der Waals surface area (Å²) in [5.74, 6) is -2.17. The number of aromatic amines is 1. The van der Waals surface area contributed by atoms with Crippen LogP contribution in [0.1, 0.15) is 64.5 Å². The normalized spacial score (nSPS) is 13.5. The molecule has 0 aliphatic rings. The fourth-order valence-corrected chi connectivity index (χ4v) is 4.05. The molecule has 0 bridgehead atoms. The highest BCUT2D eigenvalue weighted by molar-refractivity contribution is 6.42. The molecular weight excluding hydrogens is 521 g/mol. The highest BCUT2D eigenvalue weighted by Gasteiger charge is 2.45. The van der Waals surface area contributed by atoms with Gasteiger partial charge in [0.15, 0.2) is 0 Å². The van der Waals surface area contributed by atoms with E-state index in [9.17, 15) is 32.7 Å². The third-order valence-electron chi connectivity index (χ3n) is 5.90. The number of rotatable bonds is 10. The van der Waals surface area contributed by atoms with Crippen molar-refractivity contribution in [2.75, 3.05) is 5.32 Å². The highest BCUT2D eigenvalue weighted by Crippen LogP contribution is 2.40. The molecule has 3 rings (SSSR count). The number of nitrogens with zero attached hydrogens (tertiary/aromatic N) is 4. The number of carboxylic acid groups (broad SMARTS) is 1. The number of anilines is 1. The summed E-state index contributed by atoms with van der Waals surface area (Å²) >= 11 is 0. The van der Waals surface area contributed by atoms with E-state index in [1.165, 1.54) is 12.3 Å². The van der Waals surface area contributed by atoms with Gasteiger partial charge in [-0.1, -0.05) is 40.5 Å². The van der Waals surface area contributed by atoms with Crippen LogP contribution >= 0.6 is 0 Å². The third kappa shape index (κ3) is 7.00. The summed E-state index contributed by atoms with van der Waals surface area (Å²) in [6, 6.07) is 2.90. The molecule has 1 aromatic carbocycles. The SMILES string of the molecule is CCCC[C@@H](C(=O)C(=O)Nc1ccn[nH]1)N(C(=O)O)C(c1nnc(-c2ccc(C(F)(F)F)cc2)o1)C(C)(C)C. The topological polar surface area (TPSA) is 154 Å². The van der Waals surface area contributed by atoms with Crippen molar-refractivity contribution in [2.45, 2.75) is 65.2 Å². The minimum Gasteiger partial charge on any atom is -0.465 e. The third-order valence-corrected chi connectivity index (χ3v) is 5.90. The standard InChI is InChI=1S/C25H29F3N6O5/c1-5-6-7-16(18(35)20(36)30-17-12-13-29-31-17)34(23(37)38)19(24(2,3)4)22-33-32-21(39-22)14-8-10-15(11-9-14)25(26,27)28/h8-13,16,19H,5-7H2,1-4H3,(H,37,38)(H2,29,30,31,36)/t16-,19?/m0/s1. The number of ketones is 1. The number of nitrogens with one attached hydrogen (secondary N) is 2. The molecule has 2 amide bonds. The number of amides is 2. The van der Waals surface area contributed by atoms with Crippen LogP contribution in [-0.4, -0.2) is 54.2 Å². The van der Waals surface area contributed by atoms with Crippen molar-refractivity contribution in [3.63, 3.8) is 0 Å². The lowest BCUT2D eigenvalue weighted by atomic mass is 9.84. The van der Waals surface area contributed by atoms with Crippen molar-refractivity contribution in [3.8, 4) is 11.5 Å². The Labute approximate surface area is 221 Å². The van der Waals surface area contributed by atoms with E-state index in [1.54, 1.807) is 20.8 Å². The van der Waals surface area contributed by atoms with Gasteiger partial charge in [0.1, 0.15) is 17.9 Å². The van der Waals surface area contributed by atoms with Crippen molar-refractivity contribution in [1.82, 2.24) is 25.3 Å². The molecule has 2 aromatic heterocycles. The number of halogens is 3. The van der Waals surface area contributed by atoms with Gasteiger partial charge < -0.3 is 14.8 Å². The van der Waals surface area contributed by atoms with Crippen LogP contribution in [-0.2, 0) is 15.8 Å². The van der Waals surface area contributed by atoms with Crippen LogP contribution < -0.4 is 5.32 Å². The van der Waals surface area contributed by atoms with E-state index in [0.29, 0.717) is 12.8 Å². The van der Waals surface area contributed by atoms with Crippen LogP contribution in [0.15, 0.2) is 40.9 Å². The number of aromatic nitrogens is 4. The largest absolute Gasteiger partial charge is 0.465 e. The molecule has 210 valence electrons. The first-order valence-corrected chi connectivity index (χ1v) is 12.1. The lowest BCUT2D eigenvalue weighted by Crippen LogP contribution is -2.52. The first-order valence-electron chi connectivity index (χ1n) is 12.1. The van der Waals surface area contributed by atoms with Crippen molar-refractivity contribution in [1.29, 1.82) is 0 Å². The molecule has 0 saturated carbocycles. The van der Waals surface area contributed by atoms with Gasteiger partial charge in [-0.15, -0.1) is 10.2 Å². The predicted molar refractivity (Wildman–Crippen MR) is 132 cm³/mol. The number of carbonyl (C=O) groups excluding carboxylic acids is 2. The van der Waals surface area contributed by atoms with Crippen molar-refractivity contribution in [3.05, 3.63) is 48.0 Å². The smallest absolute Gasteiger partial charge is 0.416 e. The number of alkyl halides is 3. The fraction of sp³-hybridized carbons (Fsp3) is 0.440. The van der Waals surface area contributed by atoms with E-state index >= 15 is 0 Å². The second-order valence-corrected chi connectivity index (χ2v) is 9.93. The maximum Gasteiger partial charge on any atom is 0.416 e. The second-order valence-electron chi connectivity index (χ2n) is 9.93. The Bertz CT molecular complexity index is 1280. The molecular formula is C25H29F3N6O5. The minimum atomic E-state index is -4.53. The summed E-state index contributed by atoms with van der Waals surface area (Å²) in [7, 11) is 0. The summed E-state index contributed by atoms with van der Waals surface area (Å²) in [4.78, 5) is 39.6. The first kappa shape index (κ1) is 29.3. The van der Waals surface area contributed by atoms with E-state index in [0.717, 1.165) is 29.2 Å². The van der Waals surface area contributed by atoms with Crippen LogP contribution in [0.4, 0.5) is 23.8 Å². The zero-order valence-corrected chi connectivity index (χ0v) is 21.7. The van der Waals surface area contributed by atoms with Gasteiger partial charge >= 0.3 is 12.3 Å². The van der Waals surface area contributed by atoms with Crippen LogP contribution in [0.25, 0.3) is 11.5 Å². The highest BCUT2D eigenvalue weighted by atomic mass is 19.4. The number of hydrogen-bond acceptors (Lipinski definition) is 7. The maximum absolute atomic E-state index is 13.3. The Morgan fingerprint density at radius 1 is 1.10 bits per heavy atom. The lowest BCUT2D eigenvalue weighted by Gasteiger charge is -2.39. The van der Waals surface area contributed by atoms with Gasteiger partial charge in [-0.25, -0.2) is 4.79 Å². The van der Waals surface area contributed by atoms with E-state index < -0.39 is 47.0 Å². The van der Waals surface area contributed by atoms with Gasteiger partial charge in [-0.05, 0) is 36.1 Å². The molecule has 0 radical (unpaired) electrons. The van der Waals surface area contributed by atoms with Gasteiger partial charge in [-0.3, -0.25) is 19.6 Å². The molecule has 0 spiro atoms. The van der Waals surface area contributed by atoms with Gasteiger partial charge in [0.25, 0.3) is 5.91 Å². The lowest BCUT2D eigenvalue weighted by molar-refractivity contribution is -0.139. The molecule has 3 N–H and O–H groups in total. The molecule has 0 aliphatic heterocycles. The monoisotopic (exact) mass is 550 g/mol. The molecule has 0 aliphatic carbocycles. The van der Waals surface area contributed by atoms with Gasteiger partial charge in [-0.2, -0.15) is 18.3 Å². The van der Waals surface area contributed by atoms with Gasteiger partial charge in [0, 0.05) is 11.6 Å². The second kappa shape index (κ2) is 11.7. The Hall–Kier alpha value is -4.23. The van der Waals surface area contributed by atoms with Crippen molar-refractivity contribution < 1.29 is 37.1 Å². The first-order chi connectivity index (χ1) is 18.2. The molecule has 2 heterocycles.